The van der Waals surface area contributed by atoms with Gasteiger partial charge in [-0.3, -0.25) is 4.79 Å². The van der Waals surface area contributed by atoms with Crippen LogP contribution in [0.25, 0.3) is 11.2 Å². The number of H-pyrrole nitrogens is 1. The van der Waals surface area contributed by atoms with Crippen molar-refractivity contribution in [1.82, 2.24) is 9.97 Å². The van der Waals surface area contributed by atoms with Crippen molar-refractivity contribution in [2.75, 3.05) is 0 Å². The van der Waals surface area contributed by atoms with Crippen LogP contribution in [0.15, 0.2) is 21.3 Å². The average molecular weight is 164 g/mol. The number of pyridine rings is 1. The van der Waals surface area contributed by atoms with Gasteiger partial charge in [0.05, 0.1) is 0 Å². The van der Waals surface area contributed by atoms with Gasteiger partial charge in [-0.15, -0.1) is 0 Å². The summed E-state index contributed by atoms with van der Waals surface area (Å²) < 4.78 is 5.29. The van der Waals surface area contributed by atoms with Gasteiger partial charge in [-0.05, 0) is 6.07 Å². The van der Waals surface area contributed by atoms with Crippen LogP contribution in [0.5, 0.6) is 0 Å². The third-order valence-corrected chi connectivity index (χ3v) is 1.63. The first-order valence-electron chi connectivity index (χ1n) is 3.78. The van der Waals surface area contributed by atoms with Crippen LogP contribution in [0, 0.1) is 0 Å². The lowest BCUT2D eigenvalue weighted by Gasteiger charge is -1.81. The number of fused-ring (bicyclic) bond motifs is 1. The van der Waals surface area contributed by atoms with Gasteiger partial charge in [0.2, 0.25) is 5.56 Å². The Hall–Kier alpha value is -1.58. The Kier molecular flexibility index (Phi) is 1.46. The smallest absolute Gasteiger partial charge is 0.249 e. The zero-order valence-electron chi connectivity index (χ0n) is 6.63. The number of aryl methyl sites for hydroxylation is 1. The molecule has 0 saturated carbocycles. The first-order chi connectivity index (χ1) is 5.79. The van der Waals surface area contributed by atoms with E-state index < -0.39 is 0 Å². The highest BCUT2D eigenvalue weighted by Crippen LogP contribution is 2.10. The highest BCUT2D eigenvalue weighted by Gasteiger charge is 2.02. The summed E-state index contributed by atoms with van der Waals surface area (Å²) in [5, 5.41) is 0. The van der Waals surface area contributed by atoms with Gasteiger partial charge in [0.1, 0.15) is 0 Å². The molecule has 0 saturated heterocycles. The second-order valence-electron chi connectivity index (χ2n) is 2.50. The fourth-order valence-corrected chi connectivity index (χ4v) is 1.04. The molecule has 2 heterocycles. The van der Waals surface area contributed by atoms with Crippen LogP contribution in [0.3, 0.4) is 0 Å². The van der Waals surface area contributed by atoms with E-state index in [0.717, 1.165) is 6.42 Å². The summed E-state index contributed by atoms with van der Waals surface area (Å²) in [7, 11) is 0. The molecular weight excluding hydrogens is 156 g/mol. The van der Waals surface area contributed by atoms with Gasteiger partial charge in [-0.1, -0.05) is 6.92 Å². The van der Waals surface area contributed by atoms with Gasteiger partial charge in [0.25, 0.3) is 0 Å². The number of nitrogens with one attached hydrogen (secondary N) is 1. The summed E-state index contributed by atoms with van der Waals surface area (Å²) in [5.41, 5.74) is 1.00. The maximum absolute atomic E-state index is 10.8. The van der Waals surface area contributed by atoms with Crippen LogP contribution in [0.1, 0.15) is 12.8 Å². The largest absolute Gasteiger partial charge is 0.439 e. The molecule has 0 atom stereocenters. The predicted octanol–water partition coefficient (Wildman–Crippen LogP) is 1.08. The topological polar surface area (TPSA) is 58.9 Å². The summed E-state index contributed by atoms with van der Waals surface area (Å²) in [5.74, 6) is 0.645. The fraction of sp³-hybridized carbons (Fsp3) is 0.250. The van der Waals surface area contributed by atoms with E-state index in [1.54, 1.807) is 6.07 Å². The second-order valence-corrected chi connectivity index (χ2v) is 2.50. The summed E-state index contributed by atoms with van der Waals surface area (Å²) in [6.45, 7) is 1.95. The van der Waals surface area contributed by atoms with Gasteiger partial charge >= 0.3 is 0 Å². The SMILES string of the molecule is CCc1nc2[nH]c(=O)ccc2o1. The van der Waals surface area contributed by atoms with E-state index in [1.807, 2.05) is 6.92 Å². The van der Waals surface area contributed by atoms with Crippen molar-refractivity contribution in [3.8, 4) is 0 Å². The molecule has 0 radical (unpaired) electrons. The van der Waals surface area contributed by atoms with E-state index in [9.17, 15) is 4.79 Å². The molecule has 0 unspecified atom stereocenters. The monoisotopic (exact) mass is 164 g/mol. The van der Waals surface area contributed by atoms with Crippen LogP contribution in [0.4, 0.5) is 0 Å². The molecule has 4 nitrogen and oxygen atoms in total. The molecule has 12 heavy (non-hydrogen) atoms. The summed E-state index contributed by atoms with van der Waals surface area (Å²) >= 11 is 0. The van der Waals surface area contributed by atoms with Gasteiger partial charge in [0.15, 0.2) is 17.1 Å². The molecule has 0 amide bonds. The Morgan fingerprint density at radius 3 is 3.17 bits per heavy atom. The van der Waals surface area contributed by atoms with Crippen LogP contribution in [-0.4, -0.2) is 9.97 Å². The quantitative estimate of drug-likeness (QED) is 0.686. The van der Waals surface area contributed by atoms with E-state index in [1.165, 1.54) is 6.07 Å². The second kappa shape index (κ2) is 2.48. The lowest BCUT2D eigenvalue weighted by Crippen LogP contribution is -2.01. The van der Waals surface area contributed by atoms with E-state index >= 15 is 0 Å². The number of aromatic nitrogens is 2. The molecule has 0 aliphatic heterocycles. The third kappa shape index (κ3) is 1.01. The summed E-state index contributed by atoms with van der Waals surface area (Å²) in [6.07, 6.45) is 0.733. The van der Waals surface area contributed by atoms with Crippen LogP contribution >= 0.6 is 0 Å². The zero-order valence-corrected chi connectivity index (χ0v) is 6.63. The molecule has 0 aromatic carbocycles. The number of nitrogens with zero attached hydrogens (tertiary/aromatic N) is 1. The third-order valence-electron chi connectivity index (χ3n) is 1.63. The van der Waals surface area contributed by atoms with Crippen molar-refractivity contribution in [3.63, 3.8) is 0 Å². The van der Waals surface area contributed by atoms with Crippen molar-refractivity contribution >= 4 is 11.2 Å². The van der Waals surface area contributed by atoms with Crippen LogP contribution < -0.4 is 5.56 Å². The normalized spacial score (nSPS) is 10.8. The van der Waals surface area contributed by atoms with Gasteiger partial charge in [-0.25, -0.2) is 0 Å². The minimum Gasteiger partial charge on any atom is -0.439 e. The molecule has 0 aliphatic carbocycles. The van der Waals surface area contributed by atoms with Crippen molar-refractivity contribution in [2.24, 2.45) is 0 Å². The van der Waals surface area contributed by atoms with Crippen molar-refractivity contribution < 1.29 is 4.42 Å². The van der Waals surface area contributed by atoms with Crippen LogP contribution in [-0.2, 0) is 6.42 Å². The predicted molar refractivity (Wildman–Crippen MR) is 44.0 cm³/mol. The van der Waals surface area contributed by atoms with Gasteiger partial charge in [-0.2, -0.15) is 4.98 Å². The molecule has 0 aliphatic rings. The Morgan fingerprint density at radius 2 is 2.42 bits per heavy atom. The highest BCUT2D eigenvalue weighted by atomic mass is 16.3. The Labute approximate surface area is 68.2 Å². The lowest BCUT2D eigenvalue weighted by atomic mass is 10.5. The van der Waals surface area contributed by atoms with E-state index in [0.29, 0.717) is 17.1 Å². The molecular formula is C8H8N2O2. The van der Waals surface area contributed by atoms with Crippen LogP contribution in [0.2, 0.25) is 0 Å². The number of oxazole rings is 1. The van der Waals surface area contributed by atoms with Gasteiger partial charge in [0, 0.05) is 12.5 Å². The molecule has 0 bridgehead atoms. The van der Waals surface area contributed by atoms with E-state index in [-0.39, 0.29) is 5.56 Å². The van der Waals surface area contributed by atoms with Gasteiger partial charge < -0.3 is 9.40 Å². The van der Waals surface area contributed by atoms with Crippen molar-refractivity contribution in [3.05, 3.63) is 28.4 Å². The molecule has 0 spiro atoms. The molecule has 0 fully saturated rings. The number of aromatic amines is 1. The molecule has 2 rings (SSSR count). The van der Waals surface area contributed by atoms with Crippen molar-refractivity contribution in [1.29, 1.82) is 0 Å². The Morgan fingerprint density at radius 1 is 1.58 bits per heavy atom. The minimum absolute atomic E-state index is 0.154. The summed E-state index contributed by atoms with van der Waals surface area (Å²) in [4.78, 5) is 17.5. The zero-order chi connectivity index (χ0) is 8.55. The molecule has 1 N–H and O–H groups in total. The van der Waals surface area contributed by atoms with E-state index in [4.69, 9.17) is 4.42 Å². The number of rotatable bonds is 1. The number of hydrogen-bond acceptors (Lipinski definition) is 3. The minimum atomic E-state index is -0.154. The molecule has 2 aromatic heterocycles. The molecule has 2 aromatic rings. The molecule has 4 heteroatoms. The maximum atomic E-state index is 10.8. The van der Waals surface area contributed by atoms with E-state index in [2.05, 4.69) is 9.97 Å². The molecule has 62 valence electrons. The fourth-order valence-electron chi connectivity index (χ4n) is 1.04. The Balaban J connectivity index is 2.75. The summed E-state index contributed by atoms with van der Waals surface area (Å²) in [6, 6.07) is 3.05. The Bertz CT molecular complexity index is 455. The first-order valence-corrected chi connectivity index (χ1v) is 3.78. The average Bonchev–Trinajstić information content (AvgIpc) is 2.46. The lowest BCUT2D eigenvalue weighted by molar-refractivity contribution is 0.538. The first kappa shape index (κ1) is 7.09. The standard InChI is InChI=1S/C8H8N2O2/c1-2-7-10-8-5(12-7)3-4-6(11)9-8/h3-4H,2H2,1H3,(H,9,11). The number of hydrogen-bond donors (Lipinski definition) is 1. The highest BCUT2D eigenvalue weighted by molar-refractivity contribution is 5.66. The maximum Gasteiger partial charge on any atom is 0.249 e. The van der Waals surface area contributed by atoms with Crippen molar-refractivity contribution in [2.45, 2.75) is 13.3 Å².